The van der Waals surface area contributed by atoms with E-state index in [0.29, 0.717) is 5.69 Å². The summed E-state index contributed by atoms with van der Waals surface area (Å²) in [4.78, 5) is 37.2. The van der Waals surface area contributed by atoms with Crippen molar-refractivity contribution in [3.8, 4) is 6.07 Å². The van der Waals surface area contributed by atoms with E-state index >= 15 is 0 Å². The number of carbonyl (C=O) groups excluding carboxylic acids is 2. The predicted octanol–water partition coefficient (Wildman–Crippen LogP) is 2.16. The van der Waals surface area contributed by atoms with Gasteiger partial charge in [-0.2, -0.15) is 5.26 Å². The molecule has 1 aliphatic heterocycles. The molecule has 1 N–H and O–H groups in total. The van der Waals surface area contributed by atoms with E-state index in [1.54, 1.807) is 13.0 Å². The molecule has 28 heavy (non-hydrogen) atoms. The van der Waals surface area contributed by atoms with Crippen LogP contribution in [0, 0.1) is 27.4 Å². The van der Waals surface area contributed by atoms with Crippen molar-refractivity contribution >= 4 is 23.3 Å². The lowest BCUT2D eigenvalue weighted by Crippen LogP contribution is -2.48. The number of hydrogen-bond acceptors (Lipinski definition) is 7. The lowest BCUT2D eigenvalue weighted by molar-refractivity contribution is -0.384. The molecule has 9 nitrogen and oxygen atoms in total. The van der Waals surface area contributed by atoms with Gasteiger partial charge in [-0.3, -0.25) is 14.9 Å². The lowest BCUT2D eigenvalue weighted by Gasteiger charge is -2.23. The van der Waals surface area contributed by atoms with Crippen LogP contribution < -0.4 is 10.2 Å². The van der Waals surface area contributed by atoms with Crippen LogP contribution in [0.4, 0.5) is 11.4 Å². The van der Waals surface area contributed by atoms with Crippen LogP contribution in [-0.4, -0.2) is 42.0 Å². The van der Waals surface area contributed by atoms with E-state index in [1.807, 2.05) is 4.90 Å². The Kier molecular flexibility index (Phi) is 5.49. The zero-order valence-electron chi connectivity index (χ0n) is 15.6. The van der Waals surface area contributed by atoms with Gasteiger partial charge in [0.2, 0.25) is 0 Å². The molecule has 0 radical (unpaired) electrons. The van der Waals surface area contributed by atoms with Crippen molar-refractivity contribution in [2.75, 3.05) is 24.6 Å². The molecule has 1 saturated carbocycles. The highest BCUT2D eigenvalue weighted by Gasteiger charge is 2.43. The maximum absolute atomic E-state index is 12.6. The van der Waals surface area contributed by atoms with Crippen molar-refractivity contribution in [1.82, 2.24) is 5.32 Å². The minimum atomic E-state index is -0.976. The first-order chi connectivity index (χ1) is 13.3. The number of nitrogens with zero attached hydrogens (tertiary/aromatic N) is 3. The molecule has 3 rings (SSSR count). The van der Waals surface area contributed by atoms with Crippen LogP contribution in [0.15, 0.2) is 18.2 Å². The Morgan fingerprint density at radius 1 is 1.39 bits per heavy atom. The Bertz CT molecular complexity index is 839. The Morgan fingerprint density at radius 3 is 2.64 bits per heavy atom. The summed E-state index contributed by atoms with van der Waals surface area (Å²) in [7, 11) is 0. The number of esters is 1. The maximum Gasteiger partial charge on any atom is 0.341 e. The number of benzene rings is 1. The highest BCUT2D eigenvalue weighted by atomic mass is 16.6. The molecule has 0 aromatic heterocycles. The molecule has 9 heteroatoms. The van der Waals surface area contributed by atoms with Gasteiger partial charge in [-0.25, -0.2) is 4.79 Å². The Labute approximate surface area is 162 Å². The maximum atomic E-state index is 12.6. The van der Waals surface area contributed by atoms with Crippen molar-refractivity contribution < 1.29 is 19.2 Å². The van der Waals surface area contributed by atoms with Crippen molar-refractivity contribution in [2.24, 2.45) is 5.92 Å². The molecule has 1 saturated heterocycles. The number of ether oxygens (including phenoxy) is 1. The molecular formula is C19H22N4O5. The Balaban J connectivity index is 1.70. The lowest BCUT2D eigenvalue weighted by atomic mass is 9.98. The summed E-state index contributed by atoms with van der Waals surface area (Å²) in [6, 6.07) is 6.17. The van der Waals surface area contributed by atoms with Gasteiger partial charge in [-0.05, 0) is 44.6 Å². The smallest absolute Gasteiger partial charge is 0.341 e. The van der Waals surface area contributed by atoms with E-state index in [1.165, 1.54) is 12.1 Å². The largest absolute Gasteiger partial charge is 0.452 e. The summed E-state index contributed by atoms with van der Waals surface area (Å²) < 4.78 is 5.11. The molecule has 1 heterocycles. The van der Waals surface area contributed by atoms with Gasteiger partial charge in [0, 0.05) is 25.2 Å². The number of nitro groups is 1. The van der Waals surface area contributed by atoms with E-state index in [2.05, 4.69) is 11.4 Å². The van der Waals surface area contributed by atoms with Crippen molar-refractivity contribution in [3.63, 3.8) is 0 Å². The monoisotopic (exact) mass is 386 g/mol. The molecule has 1 amide bonds. The molecule has 148 valence electrons. The number of non-ortho nitro benzene ring substituents is 1. The summed E-state index contributed by atoms with van der Waals surface area (Å²) in [5.41, 5.74) is -0.567. The third-order valence-electron chi connectivity index (χ3n) is 5.22. The van der Waals surface area contributed by atoms with Crippen LogP contribution in [0.1, 0.15) is 43.0 Å². The van der Waals surface area contributed by atoms with Crippen LogP contribution in [0.2, 0.25) is 0 Å². The predicted molar refractivity (Wildman–Crippen MR) is 99.7 cm³/mol. The molecule has 0 spiro atoms. The topological polar surface area (TPSA) is 126 Å². The normalized spacial score (nSPS) is 18.1. The highest BCUT2D eigenvalue weighted by Crippen LogP contribution is 2.39. The molecule has 0 bridgehead atoms. The van der Waals surface area contributed by atoms with Crippen molar-refractivity contribution in [1.29, 1.82) is 5.26 Å². The second-order valence-electron chi connectivity index (χ2n) is 7.37. The average molecular weight is 386 g/mol. The van der Waals surface area contributed by atoms with Crippen LogP contribution in [-0.2, 0) is 9.53 Å². The number of hydrogen-bond donors (Lipinski definition) is 1. The number of nitrogens with one attached hydrogen (secondary N) is 1. The van der Waals surface area contributed by atoms with Crippen molar-refractivity contribution in [2.45, 2.75) is 38.1 Å². The third-order valence-corrected chi connectivity index (χ3v) is 5.22. The minimum Gasteiger partial charge on any atom is -0.452 e. The number of anilines is 1. The zero-order valence-corrected chi connectivity index (χ0v) is 15.6. The highest BCUT2D eigenvalue weighted by molar-refractivity contribution is 5.98. The summed E-state index contributed by atoms with van der Waals surface area (Å²) in [6.45, 7) is 2.60. The summed E-state index contributed by atoms with van der Waals surface area (Å²) in [5, 5.41) is 23.0. The zero-order chi connectivity index (χ0) is 20.3. The van der Waals surface area contributed by atoms with E-state index in [0.717, 1.165) is 38.8 Å². The molecule has 1 aromatic rings. The number of carbonyl (C=O) groups is 2. The van der Waals surface area contributed by atoms with E-state index in [4.69, 9.17) is 4.74 Å². The summed E-state index contributed by atoms with van der Waals surface area (Å²) in [6.07, 6.45) is 3.69. The van der Waals surface area contributed by atoms with E-state index < -0.39 is 28.9 Å². The molecule has 0 unspecified atom stereocenters. The number of nitro benzene ring substituents is 1. The first-order valence-corrected chi connectivity index (χ1v) is 9.27. The van der Waals surface area contributed by atoms with Gasteiger partial charge in [0.25, 0.3) is 11.6 Å². The average Bonchev–Trinajstić information content (AvgIpc) is 3.41. The SMILES string of the molecule is C[C@](C#N)(NC(=O)COC(=O)c1cc([N+](=O)[O-])ccc1N1CCCC1)C1CC1. The fraction of sp³-hybridized carbons (Fsp3) is 0.526. The molecule has 1 aliphatic carbocycles. The second kappa shape index (κ2) is 7.84. The van der Waals surface area contributed by atoms with Gasteiger partial charge in [0.05, 0.1) is 22.2 Å². The van der Waals surface area contributed by atoms with Crippen molar-refractivity contribution in [3.05, 3.63) is 33.9 Å². The molecular weight excluding hydrogens is 364 g/mol. The number of nitriles is 1. The number of amides is 1. The molecule has 2 aliphatic rings. The van der Waals surface area contributed by atoms with Gasteiger partial charge >= 0.3 is 5.97 Å². The fourth-order valence-corrected chi connectivity index (χ4v) is 3.45. The van der Waals surface area contributed by atoms with Gasteiger partial charge in [0.1, 0.15) is 5.54 Å². The summed E-state index contributed by atoms with van der Waals surface area (Å²) >= 11 is 0. The minimum absolute atomic E-state index is 0.0640. The quantitative estimate of drug-likeness (QED) is 0.432. The third kappa shape index (κ3) is 4.22. The fourth-order valence-electron chi connectivity index (χ4n) is 3.45. The molecule has 1 atom stereocenters. The standard InChI is InChI=1S/C19H22N4O5/c1-19(12-20,13-4-5-13)21-17(24)11-28-18(25)15-10-14(23(26)27)6-7-16(15)22-8-2-3-9-22/h6-7,10,13H,2-5,8-9,11H2,1H3,(H,21,24)/t19-/m1/s1. The van der Waals surface area contributed by atoms with Gasteiger partial charge in [-0.1, -0.05) is 0 Å². The number of rotatable bonds is 7. The summed E-state index contributed by atoms with van der Waals surface area (Å²) in [5.74, 6) is -1.26. The van der Waals surface area contributed by atoms with E-state index in [9.17, 15) is 25.0 Å². The van der Waals surface area contributed by atoms with Crippen LogP contribution >= 0.6 is 0 Å². The van der Waals surface area contributed by atoms with Gasteiger partial charge in [0.15, 0.2) is 6.61 Å². The Hall–Kier alpha value is -3.15. The molecule has 2 fully saturated rings. The second-order valence-corrected chi connectivity index (χ2v) is 7.37. The van der Waals surface area contributed by atoms with Gasteiger partial charge in [-0.15, -0.1) is 0 Å². The first-order valence-electron chi connectivity index (χ1n) is 9.27. The van der Waals surface area contributed by atoms with E-state index in [-0.39, 0.29) is 17.2 Å². The van der Waals surface area contributed by atoms with Gasteiger partial charge < -0.3 is 15.0 Å². The van der Waals surface area contributed by atoms with Crippen LogP contribution in [0.25, 0.3) is 0 Å². The van der Waals surface area contributed by atoms with Crippen LogP contribution in [0.3, 0.4) is 0 Å². The molecule has 1 aromatic carbocycles. The Morgan fingerprint density at radius 2 is 2.07 bits per heavy atom. The first kappa shape index (κ1) is 19.6. The van der Waals surface area contributed by atoms with Crippen LogP contribution in [0.5, 0.6) is 0 Å².